The Labute approximate surface area is 130 Å². The second kappa shape index (κ2) is 6.22. The molecule has 1 saturated heterocycles. The molecule has 22 heavy (non-hydrogen) atoms. The summed E-state index contributed by atoms with van der Waals surface area (Å²) >= 11 is 0. The number of rotatable bonds is 3. The van der Waals surface area contributed by atoms with Crippen LogP contribution in [0.5, 0.6) is 5.75 Å². The summed E-state index contributed by atoms with van der Waals surface area (Å²) < 4.78 is 18.6. The first-order valence-corrected chi connectivity index (χ1v) is 7.44. The van der Waals surface area contributed by atoms with Gasteiger partial charge in [-0.05, 0) is 31.2 Å². The highest BCUT2D eigenvalue weighted by atomic mass is 19.1. The van der Waals surface area contributed by atoms with Crippen LogP contribution in [-0.2, 0) is 0 Å². The molecule has 1 aromatic carbocycles. The molecule has 1 fully saturated rings. The number of halogens is 1. The molecule has 4 nitrogen and oxygen atoms in total. The molecule has 0 aliphatic carbocycles. The summed E-state index contributed by atoms with van der Waals surface area (Å²) in [6.45, 7) is 5.49. The van der Waals surface area contributed by atoms with Crippen LogP contribution in [0.1, 0.15) is 5.69 Å². The van der Waals surface area contributed by atoms with Gasteiger partial charge in [0.25, 0.3) is 0 Å². The van der Waals surface area contributed by atoms with Crippen LogP contribution in [-0.4, -0.2) is 38.3 Å². The number of anilines is 2. The van der Waals surface area contributed by atoms with Gasteiger partial charge in [0.15, 0.2) is 0 Å². The van der Waals surface area contributed by atoms with Crippen LogP contribution >= 0.6 is 0 Å². The van der Waals surface area contributed by atoms with E-state index in [4.69, 9.17) is 4.74 Å². The lowest BCUT2D eigenvalue weighted by Gasteiger charge is -2.37. The van der Waals surface area contributed by atoms with Crippen molar-refractivity contribution in [2.24, 2.45) is 0 Å². The number of pyridine rings is 1. The van der Waals surface area contributed by atoms with Crippen LogP contribution < -0.4 is 14.5 Å². The van der Waals surface area contributed by atoms with E-state index in [9.17, 15) is 4.39 Å². The third-order valence-electron chi connectivity index (χ3n) is 3.96. The van der Waals surface area contributed by atoms with E-state index in [2.05, 4.69) is 14.8 Å². The second-order valence-corrected chi connectivity index (χ2v) is 5.43. The minimum Gasteiger partial charge on any atom is -0.494 e. The number of aromatic nitrogens is 1. The third-order valence-corrected chi connectivity index (χ3v) is 3.96. The van der Waals surface area contributed by atoms with E-state index in [1.165, 1.54) is 12.1 Å². The number of hydrogen-bond donors (Lipinski definition) is 0. The van der Waals surface area contributed by atoms with Crippen molar-refractivity contribution in [2.75, 3.05) is 43.1 Å². The Hall–Kier alpha value is -2.30. The Balaban J connectivity index is 1.72. The lowest BCUT2D eigenvalue weighted by molar-refractivity contribution is 0.410. The van der Waals surface area contributed by atoms with E-state index in [0.717, 1.165) is 43.4 Å². The normalized spacial score (nSPS) is 15.0. The Morgan fingerprint density at radius 3 is 2.45 bits per heavy atom. The van der Waals surface area contributed by atoms with Crippen LogP contribution in [0.2, 0.25) is 0 Å². The first-order chi connectivity index (χ1) is 10.7. The van der Waals surface area contributed by atoms with E-state index in [1.807, 2.05) is 25.1 Å². The number of benzene rings is 1. The van der Waals surface area contributed by atoms with Crippen LogP contribution in [0, 0.1) is 12.7 Å². The Morgan fingerprint density at radius 1 is 1.05 bits per heavy atom. The Morgan fingerprint density at radius 2 is 1.77 bits per heavy atom. The molecule has 116 valence electrons. The number of ether oxygens (including phenoxy) is 1. The van der Waals surface area contributed by atoms with Gasteiger partial charge in [-0.25, -0.2) is 9.37 Å². The second-order valence-electron chi connectivity index (χ2n) is 5.43. The minimum absolute atomic E-state index is 0.275. The smallest absolute Gasteiger partial charge is 0.145 e. The number of aryl methyl sites for hydroxylation is 1. The van der Waals surface area contributed by atoms with Gasteiger partial charge in [-0.15, -0.1) is 0 Å². The number of nitrogens with zero attached hydrogens (tertiary/aromatic N) is 3. The molecule has 0 spiro atoms. The van der Waals surface area contributed by atoms with E-state index in [0.29, 0.717) is 5.75 Å². The molecular formula is C17H20FN3O. The van der Waals surface area contributed by atoms with Gasteiger partial charge in [0, 0.05) is 37.9 Å². The fraction of sp³-hybridized carbons (Fsp3) is 0.353. The molecule has 0 unspecified atom stereocenters. The quantitative estimate of drug-likeness (QED) is 0.871. The Bertz CT molecular complexity index is 654. The summed E-state index contributed by atoms with van der Waals surface area (Å²) in [6.07, 6.45) is 0. The summed E-state index contributed by atoms with van der Waals surface area (Å²) in [7, 11) is 1.57. The number of hydrogen-bond acceptors (Lipinski definition) is 4. The topological polar surface area (TPSA) is 28.6 Å². The van der Waals surface area contributed by atoms with E-state index >= 15 is 0 Å². The monoisotopic (exact) mass is 301 g/mol. The number of methoxy groups -OCH3 is 1. The largest absolute Gasteiger partial charge is 0.494 e. The van der Waals surface area contributed by atoms with Crippen LogP contribution in [0.25, 0.3) is 0 Å². The molecule has 1 aliphatic rings. The fourth-order valence-corrected chi connectivity index (χ4v) is 2.79. The van der Waals surface area contributed by atoms with Crippen LogP contribution in [0.4, 0.5) is 15.9 Å². The van der Waals surface area contributed by atoms with Crippen LogP contribution in [0.15, 0.2) is 36.4 Å². The molecule has 3 rings (SSSR count). The summed E-state index contributed by atoms with van der Waals surface area (Å²) in [5.41, 5.74) is 1.97. The maximum Gasteiger partial charge on any atom is 0.145 e. The van der Waals surface area contributed by atoms with Crippen molar-refractivity contribution in [2.45, 2.75) is 6.92 Å². The first kappa shape index (κ1) is 14.6. The SMILES string of the molecule is COc1cc(F)ccc1N1CCN(c2cccc(C)n2)CC1. The average Bonchev–Trinajstić information content (AvgIpc) is 2.55. The summed E-state index contributed by atoms with van der Waals surface area (Å²) in [5.74, 6) is 1.33. The zero-order valence-electron chi connectivity index (χ0n) is 12.9. The van der Waals surface area contributed by atoms with Crippen molar-refractivity contribution in [1.82, 2.24) is 4.98 Å². The van der Waals surface area contributed by atoms with Gasteiger partial charge in [-0.2, -0.15) is 0 Å². The molecule has 0 radical (unpaired) electrons. The van der Waals surface area contributed by atoms with E-state index in [1.54, 1.807) is 13.2 Å². The maximum absolute atomic E-state index is 13.3. The van der Waals surface area contributed by atoms with Crippen molar-refractivity contribution >= 4 is 11.5 Å². The molecule has 1 aliphatic heterocycles. The predicted molar refractivity (Wildman–Crippen MR) is 86.4 cm³/mol. The van der Waals surface area contributed by atoms with Crippen molar-refractivity contribution in [1.29, 1.82) is 0 Å². The molecule has 0 amide bonds. The minimum atomic E-state index is -0.275. The summed E-state index contributed by atoms with van der Waals surface area (Å²) in [4.78, 5) is 9.08. The van der Waals surface area contributed by atoms with E-state index < -0.39 is 0 Å². The molecule has 5 heteroatoms. The van der Waals surface area contributed by atoms with Gasteiger partial charge in [-0.3, -0.25) is 0 Å². The summed E-state index contributed by atoms with van der Waals surface area (Å²) in [6, 6.07) is 10.8. The van der Waals surface area contributed by atoms with Gasteiger partial charge >= 0.3 is 0 Å². The van der Waals surface area contributed by atoms with Crippen molar-refractivity contribution in [3.63, 3.8) is 0 Å². The van der Waals surface area contributed by atoms with Gasteiger partial charge in [0.1, 0.15) is 17.4 Å². The highest BCUT2D eigenvalue weighted by molar-refractivity contribution is 5.59. The third kappa shape index (κ3) is 2.98. The molecule has 0 atom stereocenters. The average molecular weight is 301 g/mol. The number of piperazine rings is 1. The lowest BCUT2D eigenvalue weighted by atomic mass is 10.2. The van der Waals surface area contributed by atoms with Crippen LogP contribution in [0.3, 0.4) is 0 Å². The molecule has 0 bridgehead atoms. The molecule has 2 aromatic rings. The predicted octanol–water partition coefficient (Wildman–Crippen LogP) is 2.86. The molecule has 0 N–H and O–H groups in total. The molecule has 1 aromatic heterocycles. The van der Waals surface area contributed by atoms with Gasteiger partial charge in [0.2, 0.25) is 0 Å². The zero-order valence-corrected chi connectivity index (χ0v) is 12.9. The van der Waals surface area contributed by atoms with Crippen molar-refractivity contribution in [3.8, 4) is 5.75 Å². The van der Waals surface area contributed by atoms with E-state index in [-0.39, 0.29) is 5.82 Å². The Kier molecular flexibility index (Phi) is 4.13. The highest BCUT2D eigenvalue weighted by Gasteiger charge is 2.20. The van der Waals surface area contributed by atoms with Gasteiger partial charge in [0.05, 0.1) is 12.8 Å². The summed E-state index contributed by atoms with van der Waals surface area (Å²) in [5, 5.41) is 0. The molecule has 2 heterocycles. The fourth-order valence-electron chi connectivity index (χ4n) is 2.79. The maximum atomic E-state index is 13.3. The first-order valence-electron chi connectivity index (χ1n) is 7.44. The molecule has 0 saturated carbocycles. The van der Waals surface area contributed by atoms with Crippen molar-refractivity contribution in [3.05, 3.63) is 47.9 Å². The van der Waals surface area contributed by atoms with Gasteiger partial charge < -0.3 is 14.5 Å². The molecular weight excluding hydrogens is 281 g/mol. The van der Waals surface area contributed by atoms with Gasteiger partial charge in [-0.1, -0.05) is 6.07 Å². The highest BCUT2D eigenvalue weighted by Crippen LogP contribution is 2.30. The lowest BCUT2D eigenvalue weighted by Crippen LogP contribution is -2.47. The standard InChI is InChI=1S/C17H20FN3O/c1-13-4-3-5-17(19-13)21-10-8-20(9-11-21)15-7-6-14(18)12-16(15)22-2/h3-7,12H,8-11H2,1-2H3. The van der Waals surface area contributed by atoms with Crippen molar-refractivity contribution < 1.29 is 9.13 Å². The zero-order chi connectivity index (χ0) is 15.5.